The van der Waals surface area contributed by atoms with E-state index in [2.05, 4.69) is 10.5 Å². The smallest absolute Gasteiger partial charge is 0.297 e. The summed E-state index contributed by atoms with van der Waals surface area (Å²) in [5, 5.41) is 42.7. The molecule has 0 aliphatic carbocycles. The molecular formula is C13H18FN5O4. The first-order chi connectivity index (χ1) is 10.7. The Balaban J connectivity index is 0.00000127. The van der Waals surface area contributed by atoms with Crippen LogP contribution in [0.5, 0.6) is 0 Å². The summed E-state index contributed by atoms with van der Waals surface area (Å²) in [6.45, 7) is 4.00. The largest absolute Gasteiger partial charge is 0.344 e. The minimum absolute atomic E-state index is 0.156. The molecule has 0 aromatic heterocycles. The molecule has 0 fully saturated rings. The molecule has 126 valence electrons. The van der Waals surface area contributed by atoms with Gasteiger partial charge in [-0.3, -0.25) is 15.5 Å². The molecule has 0 radical (unpaired) electrons. The third-order valence-corrected chi connectivity index (χ3v) is 3.10. The maximum Gasteiger partial charge on any atom is 0.297 e. The zero-order valence-corrected chi connectivity index (χ0v) is 13.1. The summed E-state index contributed by atoms with van der Waals surface area (Å²) in [5.74, 6) is -3.65. The van der Waals surface area contributed by atoms with E-state index in [-0.39, 0.29) is 11.3 Å². The van der Waals surface area contributed by atoms with Crippen molar-refractivity contribution in [3.05, 3.63) is 33.6 Å². The van der Waals surface area contributed by atoms with Gasteiger partial charge in [-0.05, 0) is 6.07 Å². The van der Waals surface area contributed by atoms with Gasteiger partial charge in [0.1, 0.15) is 11.5 Å². The van der Waals surface area contributed by atoms with Gasteiger partial charge in [0.2, 0.25) is 0 Å². The van der Waals surface area contributed by atoms with Crippen LogP contribution in [0.25, 0.3) is 0 Å². The third kappa shape index (κ3) is 2.98. The van der Waals surface area contributed by atoms with Crippen LogP contribution in [0.15, 0.2) is 17.2 Å². The number of nitro benzene ring substituents is 1. The van der Waals surface area contributed by atoms with Crippen molar-refractivity contribution >= 4 is 22.8 Å². The first kappa shape index (κ1) is 18.5. The molecule has 2 rings (SSSR count). The Hall–Kier alpha value is -2.59. The van der Waals surface area contributed by atoms with E-state index in [1.807, 2.05) is 13.8 Å². The van der Waals surface area contributed by atoms with E-state index in [1.54, 1.807) is 0 Å². The van der Waals surface area contributed by atoms with Crippen LogP contribution >= 0.6 is 0 Å². The molecule has 1 aromatic carbocycles. The van der Waals surface area contributed by atoms with Crippen LogP contribution in [-0.2, 0) is 0 Å². The maximum atomic E-state index is 13.5. The van der Waals surface area contributed by atoms with Gasteiger partial charge in [0, 0.05) is 19.7 Å². The predicted octanol–water partition coefficient (Wildman–Crippen LogP) is 0.792. The van der Waals surface area contributed by atoms with E-state index < -0.39 is 33.8 Å². The van der Waals surface area contributed by atoms with E-state index in [0.717, 1.165) is 11.0 Å². The highest BCUT2D eigenvalue weighted by atomic mass is 19.1. The number of hydrazone groups is 1. The molecule has 0 spiro atoms. The zero-order chi connectivity index (χ0) is 17.9. The number of fused-ring (bicyclic) bond motifs is 1. The number of aliphatic hydroxyl groups is 2. The van der Waals surface area contributed by atoms with E-state index in [9.17, 15) is 24.7 Å². The highest BCUT2D eigenvalue weighted by Crippen LogP contribution is 2.39. The van der Waals surface area contributed by atoms with Crippen LogP contribution in [0.4, 0.5) is 15.8 Å². The minimum atomic E-state index is -2.74. The average Bonchev–Trinajstić information content (AvgIpc) is 2.51. The van der Waals surface area contributed by atoms with Crippen LogP contribution < -0.4 is 10.3 Å². The van der Waals surface area contributed by atoms with Gasteiger partial charge in [0.25, 0.3) is 11.6 Å². The standard InChI is InChI=1S/C11H12FN5O4.C2H6/c1-14-15-10-8(13)6-3-5(12)4-7(17(20)21)9(6)16(2)11(10,18)19;1-2/h3-4,13-14,18-19H,1-2H3;1-2H3/b13-8?,15-10+;. The molecule has 1 aromatic rings. The van der Waals surface area contributed by atoms with E-state index in [0.29, 0.717) is 6.07 Å². The molecular weight excluding hydrogens is 309 g/mol. The van der Waals surface area contributed by atoms with Crippen LogP contribution in [0, 0.1) is 21.3 Å². The SMILES string of the molecule is CC.CN/N=C1\C(=N)c2cc(F)cc([N+](=O)[O-])c2N(C)C1(O)O. The van der Waals surface area contributed by atoms with Gasteiger partial charge < -0.3 is 20.5 Å². The Morgan fingerprint density at radius 2 is 2.00 bits per heavy atom. The number of halogens is 1. The fourth-order valence-electron chi connectivity index (χ4n) is 2.12. The number of anilines is 1. The van der Waals surface area contributed by atoms with Crippen molar-refractivity contribution in [1.29, 1.82) is 5.41 Å². The van der Waals surface area contributed by atoms with Crippen molar-refractivity contribution < 1.29 is 19.5 Å². The zero-order valence-electron chi connectivity index (χ0n) is 13.1. The highest BCUT2D eigenvalue weighted by Gasteiger charge is 2.48. The van der Waals surface area contributed by atoms with Crippen molar-refractivity contribution in [2.75, 3.05) is 19.0 Å². The van der Waals surface area contributed by atoms with Gasteiger partial charge in [-0.25, -0.2) is 4.39 Å². The molecule has 1 heterocycles. The maximum absolute atomic E-state index is 13.5. The number of nitro groups is 1. The average molecular weight is 327 g/mol. The van der Waals surface area contributed by atoms with Crippen molar-refractivity contribution in [3.63, 3.8) is 0 Å². The molecule has 0 unspecified atom stereocenters. The summed E-state index contributed by atoms with van der Waals surface area (Å²) in [6, 6.07) is 1.56. The Morgan fingerprint density at radius 3 is 2.48 bits per heavy atom. The Kier molecular flexibility index (Phi) is 5.35. The quantitative estimate of drug-likeness (QED) is 0.360. The molecule has 4 N–H and O–H groups in total. The lowest BCUT2D eigenvalue weighted by molar-refractivity contribution is -0.384. The number of rotatable bonds is 2. The molecule has 0 atom stereocenters. The molecule has 0 amide bonds. The van der Waals surface area contributed by atoms with Crippen molar-refractivity contribution in [2.45, 2.75) is 19.8 Å². The molecule has 23 heavy (non-hydrogen) atoms. The first-order valence-corrected chi connectivity index (χ1v) is 6.72. The summed E-state index contributed by atoms with van der Waals surface area (Å²) < 4.78 is 13.5. The molecule has 10 heteroatoms. The second-order valence-corrected chi connectivity index (χ2v) is 4.33. The minimum Gasteiger partial charge on any atom is -0.344 e. The van der Waals surface area contributed by atoms with Gasteiger partial charge in [-0.15, -0.1) is 0 Å². The molecule has 0 bridgehead atoms. The van der Waals surface area contributed by atoms with E-state index >= 15 is 0 Å². The third-order valence-electron chi connectivity index (χ3n) is 3.10. The van der Waals surface area contributed by atoms with Crippen LogP contribution in [-0.4, -0.2) is 46.6 Å². The Labute approximate surface area is 131 Å². The molecule has 9 nitrogen and oxygen atoms in total. The molecule has 1 aliphatic rings. The van der Waals surface area contributed by atoms with Crippen molar-refractivity contribution in [3.8, 4) is 0 Å². The number of hydrogen-bond acceptors (Lipinski definition) is 8. The number of benzene rings is 1. The summed E-state index contributed by atoms with van der Waals surface area (Å²) in [4.78, 5) is 10.9. The van der Waals surface area contributed by atoms with Crippen LogP contribution in [0.3, 0.4) is 0 Å². The second kappa shape index (κ2) is 6.67. The molecule has 0 saturated heterocycles. The lowest BCUT2D eigenvalue weighted by atomic mass is 9.94. The van der Waals surface area contributed by atoms with Gasteiger partial charge in [-0.1, -0.05) is 13.8 Å². The topological polar surface area (TPSA) is 135 Å². The summed E-state index contributed by atoms with van der Waals surface area (Å²) in [5.41, 5.74) is 0.176. The summed E-state index contributed by atoms with van der Waals surface area (Å²) in [7, 11) is 2.54. The fraction of sp³-hybridized carbons (Fsp3) is 0.385. The van der Waals surface area contributed by atoms with Crippen LogP contribution in [0.2, 0.25) is 0 Å². The number of hydrogen-bond donors (Lipinski definition) is 4. The fourth-order valence-corrected chi connectivity index (χ4v) is 2.12. The van der Waals surface area contributed by atoms with Gasteiger partial charge >= 0.3 is 0 Å². The first-order valence-electron chi connectivity index (χ1n) is 6.72. The normalized spacial score (nSPS) is 17.3. The Morgan fingerprint density at radius 1 is 1.43 bits per heavy atom. The summed E-state index contributed by atoms with van der Waals surface area (Å²) in [6.07, 6.45) is 0. The monoisotopic (exact) mass is 327 g/mol. The van der Waals surface area contributed by atoms with Crippen LogP contribution in [0.1, 0.15) is 19.4 Å². The predicted molar refractivity (Wildman–Crippen MR) is 83.3 cm³/mol. The second-order valence-electron chi connectivity index (χ2n) is 4.33. The molecule has 1 aliphatic heterocycles. The van der Waals surface area contributed by atoms with Crippen molar-refractivity contribution in [2.24, 2.45) is 5.10 Å². The number of nitrogens with one attached hydrogen (secondary N) is 2. The lowest BCUT2D eigenvalue weighted by Crippen LogP contribution is -2.59. The number of nitrogens with zero attached hydrogens (tertiary/aromatic N) is 3. The Bertz CT molecular complexity index is 675. The lowest BCUT2D eigenvalue weighted by Gasteiger charge is -2.39. The van der Waals surface area contributed by atoms with E-state index in [1.165, 1.54) is 14.1 Å². The van der Waals surface area contributed by atoms with Gasteiger partial charge in [0.05, 0.1) is 16.7 Å². The van der Waals surface area contributed by atoms with E-state index in [4.69, 9.17) is 5.41 Å². The molecule has 0 saturated carbocycles. The summed E-state index contributed by atoms with van der Waals surface area (Å²) >= 11 is 0. The van der Waals surface area contributed by atoms with Gasteiger partial charge in [0.15, 0.2) is 5.71 Å². The van der Waals surface area contributed by atoms with Crippen molar-refractivity contribution in [1.82, 2.24) is 5.43 Å². The van der Waals surface area contributed by atoms with Gasteiger partial charge in [-0.2, -0.15) is 5.10 Å². The highest BCUT2D eigenvalue weighted by molar-refractivity contribution is 6.52.